The Morgan fingerprint density at radius 2 is 1.67 bits per heavy atom. The Morgan fingerprint density at radius 1 is 1.17 bits per heavy atom. The molecule has 4 nitrogen and oxygen atoms in total. The zero-order valence-corrected chi connectivity index (χ0v) is 12.3. The van der Waals surface area contributed by atoms with Crippen molar-refractivity contribution in [3.8, 4) is 0 Å². The van der Waals surface area contributed by atoms with Crippen LogP contribution in [-0.2, 0) is 21.1 Å². The molecule has 1 aromatic carbocycles. The van der Waals surface area contributed by atoms with E-state index in [9.17, 15) is 18.6 Å². The van der Waals surface area contributed by atoms with Gasteiger partial charge in [0.25, 0.3) is 0 Å². The average molecular weight is 290 g/mol. The molecule has 0 heterocycles. The van der Waals surface area contributed by atoms with Gasteiger partial charge in [-0.05, 0) is 18.4 Å². The molecule has 0 aliphatic heterocycles. The summed E-state index contributed by atoms with van der Waals surface area (Å²) in [4.78, 5) is 19.0. The summed E-state index contributed by atoms with van der Waals surface area (Å²) in [6.07, 6.45) is 0.403. The first-order chi connectivity index (χ1) is 8.37. The standard InChI is InChI=1S/C12H19O4PS/c1-3-12(4-2,17(13,14)15)18(16)10-11-8-6-5-7-9-11/h5-9H,3-4,10H2,1-2H3,(H2,13,14,15). The van der Waals surface area contributed by atoms with Gasteiger partial charge in [-0.25, -0.2) is 0 Å². The van der Waals surface area contributed by atoms with E-state index < -0.39 is 22.9 Å². The summed E-state index contributed by atoms with van der Waals surface area (Å²) in [6.45, 7) is 3.34. The molecule has 6 heteroatoms. The lowest BCUT2D eigenvalue weighted by Crippen LogP contribution is -2.33. The van der Waals surface area contributed by atoms with Crippen LogP contribution >= 0.6 is 7.60 Å². The minimum atomic E-state index is -4.40. The van der Waals surface area contributed by atoms with Gasteiger partial charge in [0.1, 0.15) is 4.49 Å². The molecule has 0 aliphatic rings. The number of hydrogen-bond donors (Lipinski definition) is 2. The van der Waals surface area contributed by atoms with Crippen LogP contribution in [-0.4, -0.2) is 18.5 Å². The smallest absolute Gasteiger partial charge is 0.323 e. The summed E-state index contributed by atoms with van der Waals surface area (Å²) in [7, 11) is -6.00. The van der Waals surface area contributed by atoms with Crippen molar-refractivity contribution >= 4 is 18.4 Å². The van der Waals surface area contributed by atoms with E-state index in [2.05, 4.69) is 0 Å². The van der Waals surface area contributed by atoms with Crippen LogP contribution in [0, 0.1) is 0 Å². The van der Waals surface area contributed by atoms with Gasteiger partial charge < -0.3 is 9.79 Å². The Labute approximate surface area is 110 Å². The van der Waals surface area contributed by atoms with Crippen molar-refractivity contribution in [2.75, 3.05) is 0 Å². The summed E-state index contributed by atoms with van der Waals surface area (Å²) in [5.41, 5.74) is 0.829. The molecule has 0 spiro atoms. The van der Waals surface area contributed by atoms with Gasteiger partial charge in [0.15, 0.2) is 0 Å². The minimum Gasteiger partial charge on any atom is -0.323 e. The molecule has 0 fully saturated rings. The van der Waals surface area contributed by atoms with E-state index in [1.807, 2.05) is 30.3 Å². The lowest BCUT2D eigenvalue weighted by Gasteiger charge is -2.31. The lowest BCUT2D eigenvalue weighted by atomic mass is 10.2. The zero-order valence-electron chi connectivity index (χ0n) is 10.6. The van der Waals surface area contributed by atoms with Gasteiger partial charge in [-0.1, -0.05) is 44.2 Å². The second-order valence-corrected chi connectivity index (χ2v) is 8.18. The van der Waals surface area contributed by atoms with Crippen LogP contribution in [0.25, 0.3) is 0 Å². The van der Waals surface area contributed by atoms with Crippen LogP contribution in [0.15, 0.2) is 30.3 Å². The predicted molar refractivity (Wildman–Crippen MR) is 73.6 cm³/mol. The van der Waals surface area contributed by atoms with Crippen molar-refractivity contribution < 1.29 is 18.6 Å². The molecule has 1 atom stereocenters. The van der Waals surface area contributed by atoms with Crippen LogP contribution < -0.4 is 0 Å². The summed E-state index contributed by atoms with van der Waals surface area (Å²) >= 11 is 0. The fraction of sp³-hybridized carbons (Fsp3) is 0.500. The SMILES string of the molecule is CCC(CC)(S(=O)Cc1ccccc1)P(=O)(O)O. The third-order valence-corrected chi connectivity index (χ3v) is 8.24. The third kappa shape index (κ3) is 3.09. The number of hydrogen-bond acceptors (Lipinski definition) is 2. The lowest BCUT2D eigenvalue weighted by molar-refractivity contribution is 0.344. The molecule has 0 aromatic heterocycles. The summed E-state index contributed by atoms with van der Waals surface area (Å²) < 4.78 is 22.6. The van der Waals surface area contributed by atoms with E-state index in [-0.39, 0.29) is 18.6 Å². The molecular weight excluding hydrogens is 271 g/mol. The Hall–Kier alpha value is -0.480. The van der Waals surface area contributed by atoms with Gasteiger partial charge in [0.2, 0.25) is 0 Å². The van der Waals surface area contributed by atoms with E-state index in [1.54, 1.807) is 13.8 Å². The average Bonchev–Trinajstić information content (AvgIpc) is 2.30. The second-order valence-electron chi connectivity index (χ2n) is 4.17. The predicted octanol–water partition coefficient (Wildman–Crippen LogP) is 2.63. The maximum atomic E-state index is 12.4. The highest BCUT2D eigenvalue weighted by atomic mass is 32.2. The van der Waals surface area contributed by atoms with Crippen molar-refractivity contribution in [3.05, 3.63) is 35.9 Å². The molecule has 0 aliphatic carbocycles. The third-order valence-electron chi connectivity index (χ3n) is 3.20. The van der Waals surface area contributed by atoms with E-state index in [1.165, 1.54) is 0 Å². The molecule has 2 N–H and O–H groups in total. The monoisotopic (exact) mass is 290 g/mol. The largest absolute Gasteiger partial charge is 0.344 e. The number of rotatable bonds is 6. The normalized spacial score (nSPS) is 14.4. The van der Waals surface area contributed by atoms with Crippen LogP contribution in [0.1, 0.15) is 32.3 Å². The quantitative estimate of drug-likeness (QED) is 0.790. The Bertz CT molecular complexity index is 450. The van der Waals surface area contributed by atoms with E-state index >= 15 is 0 Å². The van der Waals surface area contributed by atoms with Gasteiger partial charge in [-0.2, -0.15) is 0 Å². The van der Waals surface area contributed by atoms with Crippen LogP contribution in [0.3, 0.4) is 0 Å². The van der Waals surface area contributed by atoms with Crippen molar-refractivity contribution in [3.63, 3.8) is 0 Å². The molecule has 0 saturated heterocycles. The van der Waals surface area contributed by atoms with Crippen molar-refractivity contribution in [1.82, 2.24) is 0 Å². The van der Waals surface area contributed by atoms with Crippen LogP contribution in [0.5, 0.6) is 0 Å². The topological polar surface area (TPSA) is 74.6 Å². The molecule has 0 bridgehead atoms. The van der Waals surface area contributed by atoms with Crippen molar-refractivity contribution in [2.45, 2.75) is 36.9 Å². The van der Waals surface area contributed by atoms with E-state index in [0.29, 0.717) is 0 Å². The van der Waals surface area contributed by atoms with Gasteiger partial charge >= 0.3 is 7.60 Å². The van der Waals surface area contributed by atoms with Gasteiger partial charge in [0.05, 0.1) is 0 Å². The van der Waals surface area contributed by atoms with E-state index in [4.69, 9.17) is 0 Å². The number of benzene rings is 1. The highest BCUT2D eigenvalue weighted by molar-refractivity contribution is 7.93. The van der Waals surface area contributed by atoms with Crippen LogP contribution in [0.2, 0.25) is 0 Å². The zero-order chi connectivity index (χ0) is 13.8. The fourth-order valence-corrected chi connectivity index (χ4v) is 5.46. The Balaban J connectivity index is 3.02. The molecule has 0 amide bonds. The highest BCUT2D eigenvalue weighted by Crippen LogP contribution is 2.56. The maximum absolute atomic E-state index is 12.4. The Kier molecular flexibility index (Phi) is 5.29. The Morgan fingerprint density at radius 3 is 2.06 bits per heavy atom. The fourth-order valence-electron chi connectivity index (χ4n) is 1.98. The first kappa shape index (κ1) is 15.6. The summed E-state index contributed by atoms with van der Waals surface area (Å²) in [5, 5.41) is 0. The second kappa shape index (κ2) is 6.11. The first-order valence-corrected chi connectivity index (χ1v) is 8.78. The van der Waals surface area contributed by atoms with E-state index in [0.717, 1.165) is 5.56 Å². The molecule has 0 radical (unpaired) electrons. The highest BCUT2D eigenvalue weighted by Gasteiger charge is 2.49. The van der Waals surface area contributed by atoms with Crippen LogP contribution in [0.4, 0.5) is 0 Å². The molecule has 1 aromatic rings. The van der Waals surface area contributed by atoms with Gasteiger partial charge in [0, 0.05) is 16.6 Å². The van der Waals surface area contributed by atoms with Gasteiger partial charge in [-0.3, -0.25) is 8.77 Å². The maximum Gasteiger partial charge on any atom is 0.344 e. The molecular formula is C12H19O4PS. The first-order valence-electron chi connectivity index (χ1n) is 5.85. The molecule has 18 heavy (non-hydrogen) atoms. The minimum absolute atomic E-state index is 0.174. The molecule has 1 rings (SSSR count). The molecule has 0 saturated carbocycles. The molecule has 102 valence electrons. The summed E-state index contributed by atoms with van der Waals surface area (Å²) in [6, 6.07) is 9.12. The van der Waals surface area contributed by atoms with Crippen molar-refractivity contribution in [2.24, 2.45) is 0 Å². The summed E-state index contributed by atoms with van der Waals surface area (Å²) in [5.74, 6) is 0.174. The molecule has 1 unspecified atom stereocenters. The van der Waals surface area contributed by atoms with Gasteiger partial charge in [-0.15, -0.1) is 0 Å². The van der Waals surface area contributed by atoms with Crippen molar-refractivity contribution in [1.29, 1.82) is 0 Å².